The van der Waals surface area contributed by atoms with Crippen LogP contribution in [0.15, 0.2) is 36.4 Å². The largest absolute Gasteiger partial charge is 0.326 e. The average molecular weight is 383 g/mol. The van der Waals surface area contributed by atoms with Crippen LogP contribution in [0, 0.1) is 12.7 Å². The van der Waals surface area contributed by atoms with Crippen LogP contribution in [0.4, 0.5) is 21.5 Å². The van der Waals surface area contributed by atoms with E-state index in [-0.39, 0.29) is 24.1 Å². The number of rotatable bonds is 5. The molecule has 0 spiro atoms. The zero-order valence-electron chi connectivity index (χ0n) is 15.8. The first-order valence-electron chi connectivity index (χ1n) is 9.18. The zero-order chi connectivity index (χ0) is 20.3. The van der Waals surface area contributed by atoms with Crippen LogP contribution in [-0.2, 0) is 14.4 Å². The van der Waals surface area contributed by atoms with Crippen molar-refractivity contribution in [3.63, 3.8) is 0 Å². The van der Waals surface area contributed by atoms with Crippen molar-refractivity contribution in [1.82, 2.24) is 0 Å². The molecule has 3 rings (SSSR count). The van der Waals surface area contributed by atoms with Crippen molar-refractivity contribution in [2.45, 2.75) is 39.0 Å². The molecule has 0 saturated carbocycles. The van der Waals surface area contributed by atoms with Crippen LogP contribution >= 0.6 is 0 Å². The average Bonchev–Trinajstić information content (AvgIpc) is 2.63. The third kappa shape index (κ3) is 4.36. The molecule has 1 atom stereocenters. The van der Waals surface area contributed by atoms with E-state index in [0.717, 1.165) is 12.0 Å². The van der Waals surface area contributed by atoms with Gasteiger partial charge >= 0.3 is 0 Å². The summed E-state index contributed by atoms with van der Waals surface area (Å²) in [5, 5.41) is 8.23. The van der Waals surface area contributed by atoms with E-state index >= 15 is 0 Å². The van der Waals surface area contributed by atoms with E-state index in [1.165, 1.54) is 18.2 Å². The molecule has 1 heterocycles. The topological polar surface area (TPSA) is 87.3 Å². The summed E-state index contributed by atoms with van der Waals surface area (Å²) in [7, 11) is 0. The highest BCUT2D eigenvalue weighted by Crippen LogP contribution is 2.34. The predicted molar refractivity (Wildman–Crippen MR) is 106 cm³/mol. The quantitative estimate of drug-likeness (QED) is 0.731. The van der Waals surface area contributed by atoms with Gasteiger partial charge in [-0.2, -0.15) is 0 Å². The summed E-state index contributed by atoms with van der Waals surface area (Å²) in [6, 6.07) is 9.25. The minimum atomic E-state index is -0.720. The van der Waals surface area contributed by atoms with Gasteiger partial charge in [-0.1, -0.05) is 19.1 Å². The molecule has 0 aromatic heterocycles. The SMILES string of the molecule is CCCC(=O)Nc1ccc(C)c(NC(=O)C2CC(=O)Nc3cc(F)ccc32)c1. The number of amides is 3. The molecule has 28 heavy (non-hydrogen) atoms. The molecule has 0 bridgehead atoms. The molecule has 3 N–H and O–H groups in total. The Morgan fingerprint density at radius 3 is 2.71 bits per heavy atom. The van der Waals surface area contributed by atoms with Crippen LogP contribution in [0.5, 0.6) is 0 Å². The molecule has 1 unspecified atom stereocenters. The highest BCUT2D eigenvalue weighted by molar-refractivity contribution is 6.05. The Labute approximate surface area is 162 Å². The second-order valence-corrected chi connectivity index (χ2v) is 6.85. The van der Waals surface area contributed by atoms with Crippen molar-refractivity contribution in [1.29, 1.82) is 0 Å². The number of carbonyl (C=O) groups excluding carboxylic acids is 3. The summed E-state index contributed by atoms with van der Waals surface area (Å²) in [6.45, 7) is 3.76. The molecule has 0 radical (unpaired) electrons. The number of nitrogens with one attached hydrogen (secondary N) is 3. The lowest BCUT2D eigenvalue weighted by molar-refractivity contribution is -0.123. The van der Waals surface area contributed by atoms with Gasteiger partial charge in [0.05, 0.1) is 5.92 Å². The Balaban J connectivity index is 1.81. The summed E-state index contributed by atoms with van der Waals surface area (Å²) in [5.74, 6) is -1.99. The molecule has 2 aromatic rings. The van der Waals surface area contributed by atoms with Crippen LogP contribution in [-0.4, -0.2) is 17.7 Å². The monoisotopic (exact) mass is 383 g/mol. The number of halogens is 1. The van der Waals surface area contributed by atoms with Crippen LogP contribution in [0.1, 0.15) is 43.2 Å². The van der Waals surface area contributed by atoms with Crippen molar-refractivity contribution in [2.24, 2.45) is 0 Å². The normalized spacial score (nSPS) is 15.4. The van der Waals surface area contributed by atoms with Crippen molar-refractivity contribution >= 4 is 34.8 Å². The fourth-order valence-electron chi connectivity index (χ4n) is 3.18. The van der Waals surface area contributed by atoms with Crippen LogP contribution in [0.25, 0.3) is 0 Å². The van der Waals surface area contributed by atoms with Gasteiger partial charge in [0, 0.05) is 29.9 Å². The minimum Gasteiger partial charge on any atom is -0.326 e. The number of benzene rings is 2. The van der Waals surface area contributed by atoms with Crippen molar-refractivity contribution < 1.29 is 18.8 Å². The van der Waals surface area contributed by atoms with E-state index in [1.807, 2.05) is 13.8 Å². The first kappa shape index (κ1) is 19.5. The van der Waals surface area contributed by atoms with E-state index in [1.54, 1.807) is 18.2 Å². The molecule has 146 valence electrons. The van der Waals surface area contributed by atoms with Crippen LogP contribution in [0.2, 0.25) is 0 Å². The third-order valence-corrected chi connectivity index (χ3v) is 4.63. The Kier molecular flexibility index (Phi) is 5.73. The number of aryl methyl sites for hydroxylation is 1. The summed E-state index contributed by atoms with van der Waals surface area (Å²) < 4.78 is 13.5. The number of carbonyl (C=O) groups is 3. The predicted octanol–water partition coefficient (Wildman–Crippen LogP) is 3.94. The first-order valence-corrected chi connectivity index (χ1v) is 9.18. The van der Waals surface area contributed by atoms with Gasteiger partial charge in [0.25, 0.3) is 0 Å². The molecule has 7 heteroatoms. The van der Waals surface area contributed by atoms with Gasteiger partial charge in [-0.05, 0) is 48.7 Å². The maximum Gasteiger partial charge on any atom is 0.232 e. The highest BCUT2D eigenvalue weighted by Gasteiger charge is 2.31. The van der Waals surface area contributed by atoms with Gasteiger partial charge in [0.1, 0.15) is 5.82 Å². The van der Waals surface area contributed by atoms with Crippen LogP contribution < -0.4 is 16.0 Å². The van der Waals surface area contributed by atoms with Crippen LogP contribution in [0.3, 0.4) is 0 Å². The van der Waals surface area contributed by atoms with Crippen molar-refractivity contribution in [3.8, 4) is 0 Å². The minimum absolute atomic E-state index is 0.0174. The Bertz CT molecular complexity index is 942. The fraction of sp³-hybridized carbons (Fsp3) is 0.286. The second-order valence-electron chi connectivity index (χ2n) is 6.85. The first-order chi connectivity index (χ1) is 13.4. The van der Waals surface area contributed by atoms with E-state index in [0.29, 0.717) is 29.0 Å². The molecule has 0 aliphatic carbocycles. The molecule has 1 aliphatic rings. The lowest BCUT2D eigenvalue weighted by Crippen LogP contribution is -2.31. The van der Waals surface area contributed by atoms with Gasteiger partial charge in [-0.15, -0.1) is 0 Å². The lowest BCUT2D eigenvalue weighted by atomic mass is 9.89. The highest BCUT2D eigenvalue weighted by atomic mass is 19.1. The zero-order valence-corrected chi connectivity index (χ0v) is 15.8. The molecular weight excluding hydrogens is 361 g/mol. The summed E-state index contributed by atoms with van der Waals surface area (Å²) in [6.07, 6.45) is 1.14. The van der Waals surface area contributed by atoms with E-state index < -0.39 is 11.7 Å². The van der Waals surface area contributed by atoms with E-state index in [4.69, 9.17) is 0 Å². The molecule has 6 nitrogen and oxygen atoms in total. The number of hydrogen-bond donors (Lipinski definition) is 3. The van der Waals surface area contributed by atoms with Crippen molar-refractivity contribution in [3.05, 3.63) is 53.3 Å². The number of hydrogen-bond acceptors (Lipinski definition) is 3. The van der Waals surface area contributed by atoms with Crippen molar-refractivity contribution in [2.75, 3.05) is 16.0 Å². The maximum atomic E-state index is 13.5. The standard InChI is InChI=1S/C21H22FN3O3/c1-3-4-19(26)23-14-7-5-12(2)17(10-14)25-21(28)16-11-20(27)24-18-9-13(22)6-8-15(16)18/h5-10,16H,3-4,11H2,1-2H3,(H,23,26)(H,24,27)(H,25,28). The molecule has 2 aromatic carbocycles. The molecule has 1 aliphatic heterocycles. The third-order valence-electron chi connectivity index (χ3n) is 4.63. The molecular formula is C21H22FN3O3. The van der Waals surface area contributed by atoms with Gasteiger partial charge in [-0.25, -0.2) is 4.39 Å². The number of anilines is 3. The Morgan fingerprint density at radius 2 is 1.96 bits per heavy atom. The Hall–Kier alpha value is -3.22. The van der Waals surface area contributed by atoms with Gasteiger partial charge in [0.15, 0.2) is 0 Å². The van der Waals surface area contributed by atoms with E-state index in [9.17, 15) is 18.8 Å². The van der Waals surface area contributed by atoms with Gasteiger partial charge in [0.2, 0.25) is 17.7 Å². The molecule has 0 fully saturated rings. The van der Waals surface area contributed by atoms with Gasteiger partial charge < -0.3 is 16.0 Å². The van der Waals surface area contributed by atoms with Gasteiger partial charge in [-0.3, -0.25) is 14.4 Å². The summed E-state index contributed by atoms with van der Waals surface area (Å²) in [4.78, 5) is 36.6. The van der Waals surface area contributed by atoms with E-state index in [2.05, 4.69) is 16.0 Å². The molecule has 0 saturated heterocycles. The number of fused-ring (bicyclic) bond motifs is 1. The second kappa shape index (κ2) is 8.21. The maximum absolute atomic E-state index is 13.5. The summed E-state index contributed by atoms with van der Waals surface area (Å²) in [5.41, 5.74) is 2.84. The molecule has 3 amide bonds. The Morgan fingerprint density at radius 1 is 1.18 bits per heavy atom. The smallest absolute Gasteiger partial charge is 0.232 e. The lowest BCUT2D eigenvalue weighted by Gasteiger charge is -2.25. The fourth-order valence-corrected chi connectivity index (χ4v) is 3.18. The summed E-state index contributed by atoms with van der Waals surface area (Å²) >= 11 is 0.